The molecule has 0 bridgehead atoms. The van der Waals surface area contributed by atoms with E-state index in [9.17, 15) is 14.7 Å². The van der Waals surface area contributed by atoms with Crippen molar-refractivity contribution in [3.05, 3.63) is 70.7 Å². The number of benzene rings is 2. The van der Waals surface area contributed by atoms with Crippen molar-refractivity contribution in [3.63, 3.8) is 0 Å². The van der Waals surface area contributed by atoms with Crippen molar-refractivity contribution in [2.75, 3.05) is 25.2 Å². The maximum absolute atomic E-state index is 13.4. The van der Waals surface area contributed by atoms with Crippen molar-refractivity contribution >= 4 is 33.9 Å². The van der Waals surface area contributed by atoms with Gasteiger partial charge in [0.05, 0.1) is 31.9 Å². The number of aromatic nitrogens is 1. The fraction of sp³-hybridized carbons (Fsp3) is 0.367. The number of ether oxygens (including phenoxy) is 3. The van der Waals surface area contributed by atoms with Crippen molar-refractivity contribution in [3.8, 4) is 17.2 Å². The van der Waals surface area contributed by atoms with Gasteiger partial charge in [-0.3, -0.25) is 14.5 Å². The molecule has 1 aliphatic heterocycles. The molecule has 0 saturated carbocycles. The quantitative estimate of drug-likeness (QED) is 0.121. The van der Waals surface area contributed by atoms with Gasteiger partial charge in [0.1, 0.15) is 11.5 Å². The summed E-state index contributed by atoms with van der Waals surface area (Å²) < 4.78 is 17.3. The maximum atomic E-state index is 13.4. The van der Waals surface area contributed by atoms with Gasteiger partial charge in [0.2, 0.25) is 0 Å². The Kier molecular flexibility index (Phi) is 9.24. The molecule has 206 valence electrons. The van der Waals surface area contributed by atoms with Gasteiger partial charge in [-0.25, -0.2) is 4.98 Å². The highest BCUT2D eigenvalue weighted by Crippen LogP contribution is 2.44. The molecule has 1 aliphatic rings. The molecule has 1 amide bonds. The van der Waals surface area contributed by atoms with E-state index in [0.29, 0.717) is 52.6 Å². The fourth-order valence-electron chi connectivity index (χ4n) is 4.28. The van der Waals surface area contributed by atoms with E-state index in [0.717, 1.165) is 19.3 Å². The summed E-state index contributed by atoms with van der Waals surface area (Å²) in [6, 6.07) is 11.3. The smallest absolute Gasteiger partial charge is 0.301 e. The number of anilines is 1. The molecule has 1 N–H and O–H groups in total. The van der Waals surface area contributed by atoms with Gasteiger partial charge in [-0.2, -0.15) is 0 Å². The highest BCUT2D eigenvalue weighted by atomic mass is 32.1. The second-order valence-corrected chi connectivity index (χ2v) is 10.5. The number of aliphatic hydroxyl groups is 1. The third-order valence-corrected chi connectivity index (χ3v) is 7.17. The van der Waals surface area contributed by atoms with E-state index in [1.165, 1.54) is 23.3 Å². The average molecular weight is 551 g/mol. The Labute approximate surface area is 232 Å². The van der Waals surface area contributed by atoms with Gasteiger partial charge in [0, 0.05) is 17.1 Å². The van der Waals surface area contributed by atoms with Gasteiger partial charge in [-0.15, -0.1) is 11.3 Å². The Hall–Kier alpha value is -3.85. The van der Waals surface area contributed by atoms with E-state index >= 15 is 0 Å². The number of hydrogen-bond acceptors (Lipinski definition) is 8. The van der Waals surface area contributed by atoms with Gasteiger partial charge < -0.3 is 19.3 Å². The number of methoxy groups -OCH3 is 1. The summed E-state index contributed by atoms with van der Waals surface area (Å²) in [6.07, 6.45) is 4.34. The molecular formula is C30H34N2O6S. The molecule has 8 nitrogen and oxygen atoms in total. The minimum atomic E-state index is -0.917. The molecular weight excluding hydrogens is 516 g/mol. The lowest BCUT2D eigenvalue weighted by atomic mass is 9.95. The lowest BCUT2D eigenvalue weighted by molar-refractivity contribution is -0.132. The van der Waals surface area contributed by atoms with Crippen LogP contribution in [0.4, 0.5) is 5.13 Å². The molecule has 1 aromatic heterocycles. The second-order valence-electron chi connectivity index (χ2n) is 9.65. The number of Topliss-reactive ketones (excluding diaryl/α,β-unsaturated/α-hetero) is 1. The molecule has 39 heavy (non-hydrogen) atoms. The number of thiazole rings is 1. The highest BCUT2D eigenvalue weighted by Gasteiger charge is 2.48. The van der Waals surface area contributed by atoms with E-state index in [-0.39, 0.29) is 11.3 Å². The number of rotatable bonds is 12. The van der Waals surface area contributed by atoms with E-state index in [4.69, 9.17) is 14.2 Å². The zero-order valence-electron chi connectivity index (χ0n) is 22.7. The minimum Gasteiger partial charge on any atom is -0.507 e. The van der Waals surface area contributed by atoms with E-state index in [2.05, 4.69) is 25.8 Å². The van der Waals surface area contributed by atoms with Gasteiger partial charge in [-0.05, 0) is 48.6 Å². The number of nitrogens with zero attached hydrogens (tertiary/aromatic N) is 2. The lowest BCUT2D eigenvalue weighted by Gasteiger charge is -2.24. The summed E-state index contributed by atoms with van der Waals surface area (Å²) in [7, 11) is 1.54. The summed E-state index contributed by atoms with van der Waals surface area (Å²) >= 11 is 1.24. The highest BCUT2D eigenvalue weighted by molar-refractivity contribution is 7.14. The van der Waals surface area contributed by atoms with Crippen LogP contribution in [0.25, 0.3) is 5.76 Å². The van der Waals surface area contributed by atoms with Crippen LogP contribution in [0.2, 0.25) is 0 Å². The summed E-state index contributed by atoms with van der Waals surface area (Å²) in [4.78, 5) is 32.3. The first kappa shape index (κ1) is 28.2. The second kappa shape index (κ2) is 12.8. The molecule has 4 rings (SSSR count). The molecule has 1 atom stereocenters. The third kappa shape index (κ3) is 6.25. The molecule has 0 radical (unpaired) electrons. The van der Waals surface area contributed by atoms with Crippen LogP contribution in [-0.4, -0.2) is 42.1 Å². The van der Waals surface area contributed by atoms with Gasteiger partial charge in [0.15, 0.2) is 16.6 Å². The van der Waals surface area contributed by atoms with Crippen LogP contribution in [0.15, 0.2) is 59.6 Å². The monoisotopic (exact) mass is 550 g/mol. The Morgan fingerprint density at radius 2 is 1.92 bits per heavy atom. The van der Waals surface area contributed by atoms with Crippen LogP contribution in [0.5, 0.6) is 17.2 Å². The number of aliphatic hydroxyl groups excluding tert-OH is 1. The Balaban J connectivity index is 1.79. The van der Waals surface area contributed by atoms with Crippen LogP contribution in [0, 0.1) is 5.92 Å². The first-order valence-electron chi connectivity index (χ1n) is 13.1. The Morgan fingerprint density at radius 1 is 1.10 bits per heavy atom. The molecule has 1 fully saturated rings. The molecule has 3 aromatic rings. The molecule has 0 aliphatic carbocycles. The topological polar surface area (TPSA) is 98.2 Å². The van der Waals surface area contributed by atoms with Crippen molar-refractivity contribution in [2.24, 2.45) is 5.92 Å². The summed E-state index contributed by atoms with van der Waals surface area (Å²) in [5, 5.41) is 13.5. The van der Waals surface area contributed by atoms with Crippen LogP contribution in [0.1, 0.15) is 57.2 Å². The predicted molar refractivity (Wildman–Crippen MR) is 152 cm³/mol. The molecule has 9 heteroatoms. The lowest BCUT2D eigenvalue weighted by Crippen LogP contribution is -2.29. The van der Waals surface area contributed by atoms with E-state index < -0.39 is 17.7 Å². The minimum absolute atomic E-state index is 0.0311. The summed E-state index contributed by atoms with van der Waals surface area (Å²) in [6.45, 7) is 7.39. The zero-order valence-corrected chi connectivity index (χ0v) is 23.5. The number of amides is 1. The molecule has 1 unspecified atom stereocenters. The van der Waals surface area contributed by atoms with Crippen molar-refractivity contribution in [1.82, 2.24) is 4.98 Å². The van der Waals surface area contributed by atoms with E-state index in [1.54, 1.807) is 54.0 Å². The Morgan fingerprint density at radius 3 is 2.62 bits per heavy atom. The standard InChI is InChI=1S/C30H34N2O6S/c1-5-6-14-37-22-9-7-8-21(17-22)27(33)25-26(32(29(35)28(25)34)30-31-13-16-39-30)20-10-11-23(24(18-20)36-4)38-15-12-19(2)3/h7-11,13,16-19,26,33H,5-6,12,14-15H2,1-4H3. The molecule has 0 spiro atoms. The van der Waals surface area contributed by atoms with Gasteiger partial charge in [-0.1, -0.05) is 45.4 Å². The number of carbonyl (C=O) groups excluding carboxylic acids is 2. The van der Waals surface area contributed by atoms with E-state index in [1.807, 2.05) is 0 Å². The van der Waals surface area contributed by atoms with Crippen LogP contribution in [0.3, 0.4) is 0 Å². The average Bonchev–Trinajstić information content (AvgIpc) is 3.55. The fourth-order valence-corrected chi connectivity index (χ4v) is 4.95. The largest absolute Gasteiger partial charge is 0.507 e. The number of hydrogen-bond donors (Lipinski definition) is 1. The zero-order chi connectivity index (χ0) is 27.9. The van der Waals surface area contributed by atoms with Gasteiger partial charge >= 0.3 is 5.91 Å². The molecule has 2 aromatic carbocycles. The Bertz CT molecular complexity index is 1330. The number of unbranched alkanes of at least 4 members (excludes halogenated alkanes) is 1. The maximum Gasteiger partial charge on any atom is 0.301 e. The summed E-state index contributed by atoms with van der Waals surface area (Å²) in [5.74, 6) is 0.253. The van der Waals surface area contributed by atoms with Crippen LogP contribution < -0.4 is 19.1 Å². The van der Waals surface area contributed by atoms with Gasteiger partial charge in [0.25, 0.3) is 5.78 Å². The predicted octanol–water partition coefficient (Wildman–Crippen LogP) is 6.38. The van der Waals surface area contributed by atoms with Crippen LogP contribution in [-0.2, 0) is 9.59 Å². The third-order valence-electron chi connectivity index (χ3n) is 6.40. The first-order valence-corrected chi connectivity index (χ1v) is 14.0. The number of carbonyl (C=O) groups is 2. The first-order chi connectivity index (χ1) is 18.8. The summed E-state index contributed by atoms with van der Waals surface area (Å²) in [5.41, 5.74) is 0.928. The van der Waals surface area contributed by atoms with Crippen molar-refractivity contribution in [2.45, 2.75) is 46.1 Å². The number of ketones is 1. The molecule has 2 heterocycles. The van der Waals surface area contributed by atoms with Crippen LogP contribution >= 0.6 is 11.3 Å². The SMILES string of the molecule is CCCCOc1cccc(C(O)=C2C(=O)C(=O)N(c3nccs3)C2c2ccc(OCCC(C)C)c(OC)c2)c1. The van der Waals surface area contributed by atoms with Crippen molar-refractivity contribution < 1.29 is 28.9 Å². The van der Waals surface area contributed by atoms with Crippen molar-refractivity contribution in [1.29, 1.82) is 0 Å². The molecule has 1 saturated heterocycles. The normalized spacial score (nSPS) is 16.6.